The van der Waals surface area contributed by atoms with Crippen LogP contribution in [0.4, 0.5) is 0 Å². The Hall–Kier alpha value is -2.65. The van der Waals surface area contributed by atoms with E-state index in [-0.39, 0.29) is 27.9 Å². The number of pyridine rings is 1. The van der Waals surface area contributed by atoms with Crippen molar-refractivity contribution in [1.82, 2.24) is 13.9 Å². The monoisotopic (exact) mass is 387 g/mol. The molecule has 2 aliphatic heterocycles. The molecule has 1 aromatic carbocycles. The number of aromatic amines is 1. The Morgan fingerprint density at radius 2 is 1.93 bits per heavy atom. The predicted octanol–water partition coefficient (Wildman–Crippen LogP) is 1.09. The molecule has 1 saturated heterocycles. The third kappa shape index (κ3) is 2.57. The maximum absolute atomic E-state index is 13.2. The average Bonchev–Trinajstić information content (AvgIpc) is 3.01. The first-order valence-corrected chi connectivity index (χ1v) is 10.2. The van der Waals surface area contributed by atoms with Gasteiger partial charge in [0.1, 0.15) is 0 Å². The molecule has 0 amide bonds. The molecule has 0 radical (unpaired) electrons. The van der Waals surface area contributed by atoms with Crippen LogP contribution >= 0.6 is 0 Å². The lowest BCUT2D eigenvalue weighted by molar-refractivity contribution is 0.186. The highest BCUT2D eigenvalue weighted by Gasteiger charge is 2.39. The summed E-state index contributed by atoms with van der Waals surface area (Å²) in [6.45, 7) is 1.23. The Morgan fingerprint density at radius 1 is 1.07 bits per heavy atom. The summed E-state index contributed by atoms with van der Waals surface area (Å²) in [5, 5.41) is 0. The van der Waals surface area contributed by atoms with Gasteiger partial charge >= 0.3 is 5.76 Å². The molecule has 3 aromatic rings. The summed E-state index contributed by atoms with van der Waals surface area (Å²) in [6.07, 6.45) is 0.876. The van der Waals surface area contributed by atoms with Crippen molar-refractivity contribution in [3.05, 3.63) is 63.0 Å². The van der Waals surface area contributed by atoms with E-state index in [0.29, 0.717) is 25.2 Å². The molecule has 2 bridgehead atoms. The van der Waals surface area contributed by atoms with Gasteiger partial charge in [0.25, 0.3) is 5.56 Å². The van der Waals surface area contributed by atoms with Gasteiger partial charge in [-0.1, -0.05) is 6.07 Å². The van der Waals surface area contributed by atoms with Gasteiger partial charge in [0.05, 0.1) is 10.4 Å². The molecule has 0 saturated carbocycles. The number of rotatable bonds is 2. The fourth-order valence-electron chi connectivity index (χ4n) is 4.28. The average molecular weight is 387 g/mol. The molecule has 9 heteroatoms. The highest BCUT2D eigenvalue weighted by molar-refractivity contribution is 7.89. The summed E-state index contributed by atoms with van der Waals surface area (Å²) in [6, 6.07) is 9.56. The van der Waals surface area contributed by atoms with Gasteiger partial charge in [-0.05, 0) is 30.5 Å². The van der Waals surface area contributed by atoms with Crippen LogP contribution in [-0.2, 0) is 16.6 Å². The zero-order valence-electron chi connectivity index (χ0n) is 14.3. The second kappa shape index (κ2) is 5.67. The molecule has 4 heterocycles. The van der Waals surface area contributed by atoms with Gasteiger partial charge in [-0.3, -0.25) is 9.78 Å². The number of sulfonamides is 1. The second-order valence-corrected chi connectivity index (χ2v) is 9.13. The van der Waals surface area contributed by atoms with E-state index in [1.54, 1.807) is 16.7 Å². The fraction of sp³-hybridized carbons (Fsp3) is 0.333. The Bertz CT molecular complexity index is 1270. The molecule has 140 valence electrons. The zero-order chi connectivity index (χ0) is 18.8. The molecule has 0 spiro atoms. The van der Waals surface area contributed by atoms with E-state index < -0.39 is 15.8 Å². The third-order valence-corrected chi connectivity index (χ3v) is 7.30. The molecule has 1 N–H and O–H groups in total. The molecule has 0 aliphatic carbocycles. The van der Waals surface area contributed by atoms with Crippen LogP contribution in [0, 0.1) is 5.92 Å². The first-order valence-electron chi connectivity index (χ1n) is 8.74. The third-order valence-electron chi connectivity index (χ3n) is 5.48. The van der Waals surface area contributed by atoms with Crippen molar-refractivity contribution in [1.29, 1.82) is 0 Å². The number of hydrogen-bond donors (Lipinski definition) is 1. The van der Waals surface area contributed by atoms with Crippen molar-refractivity contribution in [3.63, 3.8) is 0 Å². The quantitative estimate of drug-likeness (QED) is 0.709. The van der Waals surface area contributed by atoms with Crippen LogP contribution in [0.15, 0.2) is 55.3 Å². The number of benzene rings is 1. The number of fused-ring (bicyclic) bond motifs is 5. The minimum Gasteiger partial charge on any atom is -0.408 e. The van der Waals surface area contributed by atoms with Gasteiger partial charge in [0.2, 0.25) is 10.0 Å². The lowest BCUT2D eigenvalue weighted by atomic mass is 9.84. The van der Waals surface area contributed by atoms with Crippen LogP contribution in [0.2, 0.25) is 0 Å². The van der Waals surface area contributed by atoms with E-state index in [1.807, 2.05) is 6.07 Å². The summed E-state index contributed by atoms with van der Waals surface area (Å²) < 4.78 is 34.6. The number of nitrogens with zero attached hydrogens (tertiary/aromatic N) is 2. The lowest BCUT2D eigenvalue weighted by Gasteiger charge is -2.42. The Labute approximate surface area is 154 Å². The van der Waals surface area contributed by atoms with Crippen molar-refractivity contribution in [2.24, 2.45) is 5.92 Å². The van der Waals surface area contributed by atoms with E-state index in [2.05, 4.69) is 4.98 Å². The van der Waals surface area contributed by atoms with Gasteiger partial charge in [0.15, 0.2) is 5.58 Å². The lowest BCUT2D eigenvalue weighted by Crippen LogP contribution is -2.48. The molecular weight excluding hydrogens is 370 g/mol. The van der Waals surface area contributed by atoms with Crippen LogP contribution in [0.25, 0.3) is 11.1 Å². The second-order valence-electron chi connectivity index (χ2n) is 7.19. The molecule has 1 fully saturated rings. The number of H-pyrrole nitrogens is 1. The summed E-state index contributed by atoms with van der Waals surface area (Å²) >= 11 is 0. The molecule has 0 unspecified atom stereocenters. The topological polar surface area (TPSA) is 105 Å². The summed E-state index contributed by atoms with van der Waals surface area (Å²) in [7, 11) is -3.73. The molecular formula is C18H17N3O5S. The molecule has 5 rings (SSSR count). The van der Waals surface area contributed by atoms with Crippen molar-refractivity contribution < 1.29 is 12.8 Å². The SMILES string of the molecule is O=c1[nH]c2ccc(S(=O)(=O)N3C[C@H]4C[C@H](C3)c3cccc(=O)n3C4)cc2o1. The first-order chi connectivity index (χ1) is 12.9. The highest BCUT2D eigenvalue weighted by atomic mass is 32.2. The van der Waals surface area contributed by atoms with Crippen molar-refractivity contribution in [3.8, 4) is 0 Å². The fourth-order valence-corrected chi connectivity index (χ4v) is 5.86. The van der Waals surface area contributed by atoms with Crippen molar-refractivity contribution in [2.75, 3.05) is 13.1 Å². The van der Waals surface area contributed by atoms with E-state index in [0.717, 1.165) is 12.1 Å². The van der Waals surface area contributed by atoms with Crippen molar-refractivity contribution in [2.45, 2.75) is 23.8 Å². The van der Waals surface area contributed by atoms with Crippen LogP contribution in [0.5, 0.6) is 0 Å². The zero-order valence-corrected chi connectivity index (χ0v) is 15.1. The number of hydrogen-bond acceptors (Lipinski definition) is 5. The summed E-state index contributed by atoms with van der Waals surface area (Å²) in [5.74, 6) is -0.524. The van der Waals surface area contributed by atoms with E-state index in [9.17, 15) is 18.0 Å². The number of aromatic nitrogens is 2. The number of oxazole rings is 1. The Morgan fingerprint density at radius 3 is 2.78 bits per heavy atom. The molecule has 2 aliphatic rings. The predicted molar refractivity (Wildman–Crippen MR) is 97.1 cm³/mol. The molecule has 2 aromatic heterocycles. The number of piperidine rings is 1. The smallest absolute Gasteiger partial charge is 0.408 e. The van der Waals surface area contributed by atoms with E-state index >= 15 is 0 Å². The van der Waals surface area contributed by atoms with Gasteiger partial charge in [0, 0.05) is 43.4 Å². The maximum Gasteiger partial charge on any atom is 0.417 e. The largest absolute Gasteiger partial charge is 0.417 e. The van der Waals surface area contributed by atoms with Crippen molar-refractivity contribution >= 4 is 21.1 Å². The standard InChI is InChI=1S/C18H17N3O5S/c22-17-3-1-2-15-12-6-11(9-21(15)17)8-20(10-12)27(24,25)13-4-5-14-16(7-13)26-18(23)19-14/h1-5,7,11-12H,6,8-10H2,(H,19,23)/t11-,12-/m1/s1. The minimum absolute atomic E-state index is 0.00454. The maximum atomic E-state index is 13.2. The Kier molecular flexibility index (Phi) is 3.47. The summed E-state index contributed by atoms with van der Waals surface area (Å²) in [4.78, 5) is 26.0. The summed E-state index contributed by atoms with van der Waals surface area (Å²) in [5.41, 5.74) is 1.54. The first kappa shape index (κ1) is 16.5. The highest BCUT2D eigenvalue weighted by Crippen LogP contribution is 2.37. The van der Waals surface area contributed by atoms with Crippen LogP contribution in [0.3, 0.4) is 0 Å². The Balaban J connectivity index is 1.53. The van der Waals surface area contributed by atoms with Crippen LogP contribution in [0.1, 0.15) is 18.0 Å². The van der Waals surface area contributed by atoms with E-state index in [4.69, 9.17) is 4.42 Å². The minimum atomic E-state index is -3.73. The normalized spacial score (nSPS) is 22.7. The van der Waals surface area contributed by atoms with Gasteiger partial charge in [-0.25, -0.2) is 13.2 Å². The number of nitrogens with one attached hydrogen (secondary N) is 1. The van der Waals surface area contributed by atoms with Gasteiger partial charge < -0.3 is 8.98 Å². The van der Waals surface area contributed by atoms with E-state index in [1.165, 1.54) is 22.5 Å². The van der Waals surface area contributed by atoms with Gasteiger partial charge in [-0.15, -0.1) is 0 Å². The van der Waals surface area contributed by atoms with Gasteiger partial charge in [-0.2, -0.15) is 4.31 Å². The molecule has 8 nitrogen and oxygen atoms in total. The molecule has 2 atom stereocenters. The van der Waals surface area contributed by atoms with Crippen LogP contribution in [-0.4, -0.2) is 35.4 Å². The van der Waals surface area contributed by atoms with Crippen LogP contribution < -0.4 is 11.3 Å². The molecule has 27 heavy (non-hydrogen) atoms.